The van der Waals surface area contributed by atoms with Crippen LogP contribution in [-0.2, 0) is 6.54 Å². The third-order valence-corrected chi connectivity index (χ3v) is 4.63. The van der Waals surface area contributed by atoms with Crippen molar-refractivity contribution in [1.29, 1.82) is 0 Å². The predicted molar refractivity (Wildman–Crippen MR) is 82.3 cm³/mol. The molecule has 7 heteroatoms. The molecule has 2 amide bonds. The summed E-state index contributed by atoms with van der Waals surface area (Å²) in [6, 6.07) is 0.289. The van der Waals surface area contributed by atoms with Crippen LogP contribution < -0.4 is 10.2 Å². The number of hydrogen-bond donors (Lipinski definition) is 1. The van der Waals surface area contributed by atoms with Gasteiger partial charge in [0, 0.05) is 39.1 Å². The fourth-order valence-electron chi connectivity index (χ4n) is 2.27. The third kappa shape index (κ3) is 3.61. The molecule has 1 aliphatic rings. The molecule has 20 heavy (non-hydrogen) atoms. The lowest BCUT2D eigenvalue weighted by molar-refractivity contribution is 0.190. The number of likely N-dealkylation sites (N-methyl/N-ethyl adjacent to an activating group) is 2. The number of hydrogen-bond acceptors (Lipinski definition) is 5. The Labute approximate surface area is 124 Å². The van der Waals surface area contributed by atoms with Gasteiger partial charge >= 0.3 is 6.03 Å². The number of carbonyl (C=O) groups is 1. The summed E-state index contributed by atoms with van der Waals surface area (Å²) in [5, 5.41) is 5.88. The summed E-state index contributed by atoms with van der Waals surface area (Å²) in [6.07, 6.45) is 1.04. The van der Waals surface area contributed by atoms with Crippen LogP contribution in [0.3, 0.4) is 0 Å². The van der Waals surface area contributed by atoms with E-state index in [4.69, 9.17) is 0 Å². The summed E-state index contributed by atoms with van der Waals surface area (Å²) in [5.41, 5.74) is 0.906. The summed E-state index contributed by atoms with van der Waals surface area (Å²) in [6.45, 7) is 2.49. The lowest BCUT2D eigenvalue weighted by atomic mass is 10.2. The first kappa shape index (κ1) is 15.1. The molecule has 0 spiro atoms. The average molecular weight is 297 g/mol. The molecule has 1 aromatic heterocycles. The lowest BCUT2D eigenvalue weighted by Crippen LogP contribution is -2.44. The number of nitrogens with one attached hydrogen (secondary N) is 1. The van der Waals surface area contributed by atoms with Crippen molar-refractivity contribution in [2.24, 2.45) is 0 Å². The smallest absolute Gasteiger partial charge is 0.317 e. The molecule has 1 aromatic rings. The normalized spacial score (nSPS) is 19.1. The van der Waals surface area contributed by atoms with Crippen LogP contribution in [0.1, 0.15) is 12.1 Å². The van der Waals surface area contributed by atoms with Gasteiger partial charge in [-0.25, -0.2) is 9.78 Å². The molecule has 0 unspecified atom stereocenters. The number of rotatable bonds is 4. The van der Waals surface area contributed by atoms with Gasteiger partial charge in [0.1, 0.15) is 0 Å². The molecular weight excluding hydrogens is 274 g/mol. The highest BCUT2D eigenvalue weighted by Crippen LogP contribution is 2.18. The quantitative estimate of drug-likeness (QED) is 0.903. The van der Waals surface area contributed by atoms with Crippen LogP contribution in [0.5, 0.6) is 0 Å². The summed E-state index contributed by atoms with van der Waals surface area (Å²) >= 11 is 1.59. The van der Waals surface area contributed by atoms with Gasteiger partial charge in [0.25, 0.3) is 0 Å². The Morgan fingerprint density at radius 1 is 1.55 bits per heavy atom. The summed E-state index contributed by atoms with van der Waals surface area (Å²) in [7, 11) is 7.88. The van der Waals surface area contributed by atoms with Crippen LogP contribution in [0.2, 0.25) is 0 Å². The van der Waals surface area contributed by atoms with Crippen LogP contribution in [0.15, 0.2) is 5.38 Å². The third-order valence-electron chi connectivity index (χ3n) is 3.58. The second-order valence-corrected chi connectivity index (χ2v) is 6.33. The van der Waals surface area contributed by atoms with E-state index >= 15 is 0 Å². The van der Waals surface area contributed by atoms with Gasteiger partial charge in [0.05, 0.1) is 12.2 Å². The first-order valence-corrected chi connectivity index (χ1v) is 7.66. The maximum atomic E-state index is 12.1. The Morgan fingerprint density at radius 3 is 2.85 bits per heavy atom. The van der Waals surface area contributed by atoms with E-state index < -0.39 is 0 Å². The Kier molecular flexibility index (Phi) is 4.82. The Balaban J connectivity index is 1.82. The summed E-state index contributed by atoms with van der Waals surface area (Å²) < 4.78 is 0. The van der Waals surface area contributed by atoms with Crippen LogP contribution in [0, 0.1) is 0 Å². The lowest BCUT2D eigenvalue weighted by Gasteiger charge is -2.24. The predicted octanol–water partition coefficient (Wildman–Crippen LogP) is 1.05. The molecule has 1 fully saturated rings. The van der Waals surface area contributed by atoms with E-state index in [0.717, 1.165) is 30.3 Å². The Morgan fingerprint density at radius 2 is 2.30 bits per heavy atom. The van der Waals surface area contributed by atoms with Gasteiger partial charge in [-0.2, -0.15) is 0 Å². The van der Waals surface area contributed by atoms with E-state index in [0.29, 0.717) is 12.6 Å². The highest BCUT2D eigenvalue weighted by atomic mass is 32.1. The highest BCUT2D eigenvalue weighted by Gasteiger charge is 2.26. The summed E-state index contributed by atoms with van der Waals surface area (Å²) in [5.74, 6) is 0. The zero-order valence-electron chi connectivity index (χ0n) is 12.6. The topological polar surface area (TPSA) is 51.7 Å². The molecule has 1 N–H and O–H groups in total. The number of thiazole rings is 1. The fraction of sp³-hybridized carbons (Fsp3) is 0.692. The van der Waals surface area contributed by atoms with Crippen molar-refractivity contribution in [3.8, 4) is 0 Å². The number of nitrogens with zero attached hydrogens (tertiary/aromatic N) is 4. The van der Waals surface area contributed by atoms with Gasteiger partial charge in [-0.1, -0.05) is 0 Å². The molecule has 2 heterocycles. The average Bonchev–Trinajstić information content (AvgIpc) is 3.03. The maximum absolute atomic E-state index is 12.1. The van der Waals surface area contributed by atoms with Crippen molar-refractivity contribution in [2.45, 2.75) is 19.0 Å². The second-order valence-electron chi connectivity index (χ2n) is 5.49. The molecule has 0 aliphatic carbocycles. The van der Waals surface area contributed by atoms with Crippen molar-refractivity contribution in [3.05, 3.63) is 11.1 Å². The van der Waals surface area contributed by atoms with Crippen molar-refractivity contribution in [3.63, 3.8) is 0 Å². The van der Waals surface area contributed by atoms with Gasteiger partial charge in [-0.05, 0) is 20.0 Å². The summed E-state index contributed by atoms with van der Waals surface area (Å²) in [4.78, 5) is 22.6. The minimum atomic E-state index is -0.0234. The fourth-order valence-corrected chi connectivity index (χ4v) is 3.03. The molecular formula is C13H23N5OS. The standard InChI is InChI=1S/C13H23N5OS/c1-16(2)13-15-10(9-20-13)7-14-12(19)18(4)11-5-6-17(3)8-11/h9,11H,5-8H2,1-4H3,(H,14,19)/t11-/m0/s1. The van der Waals surface area contributed by atoms with Gasteiger partial charge in [0.15, 0.2) is 5.13 Å². The van der Waals surface area contributed by atoms with Crippen molar-refractivity contribution in [1.82, 2.24) is 20.1 Å². The van der Waals surface area contributed by atoms with E-state index in [1.807, 2.05) is 36.3 Å². The largest absolute Gasteiger partial charge is 0.354 e. The Hall–Kier alpha value is -1.34. The molecule has 1 saturated heterocycles. The van der Waals surface area contributed by atoms with Gasteiger partial charge in [0.2, 0.25) is 0 Å². The molecule has 112 valence electrons. The first-order valence-electron chi connectivity index (χ1n) is 6.78. The molecule has 0 bridgehead atoms. The minimum Gasteiger partial charge on any atom is -0.354 e. The second kappa shape index (κ2) is 6.41. The van der Waals surface area contributed by atoms with Crippen molar-refractivity contribution in [2.75, 3.05) is 46.2 Å². The number of likely N-dealkylation sites (tertiary alicyclic amines) is 1. The monoisotopic (exact) mass is 297 g/mol. The molecule has 0 radical (unpaired) electrons. The van der Waals surface area contributed by atoms with Gasteiger partial charge < -0.3 is 20.0 Å². The van der Waals surface area contributed by atoms with Crippen LogP contribution >= 0.6 is 11.3 Å². The first-order chi connectivity index (χ1) is 9.47. The molecule has 6 nitrogen and oxygen atoms in total. The van der Waals surface area contributed by atoms with Crippen LogP contribution in [0.25, 0.3) is 0 Å². The van der Waals surface area contributed by atoms with E-state index in [-0.39, 0.29) is 6.03 Å². The zero-order chi connectivity index (χ0) is 14.7. The number of carbonyl (C=O) groups excluding carboxylic acids is 1. The van der Waals surface area contributed by atoms with Crippen LogP contribution in [-0.4, -0.2) is 68.1 Å². The van der Waals surface area contributed by atoms with E-state index in [9.17, 15) is 4.79 Å². The van der Waals surface area contributed by atoms with Crippen LogP contribution in [0.4, 0.5) is 9.93 Å². The SMILES string of the molecule is CN1CC[C@H](N(C)C(=O)NCc2csc(N(C)C)n2)C1. The maximum Gasteiger partial charge on any atom is 0.317 e. The van der Waals surface area contributed by atoms with E-state index in [1.54, 1.807) is 11.3 Å². The molecule has 0 saturated carbocycles. The van der Waals surface area contributed by atoms with Gasteiger partial charge in [-0.3, -0.25) is 0 Å². The minimum absolute atomic E-state index is 0.0234. The number of urea groups is 1. The number of aromatic nitrogens is 1. The Bertz CT molecular complexity index is 461. The van der Waals surface area contributed by atoms with Gasteiger partial charge in [-0.15, -0.1) is 11.3 Å². The molecule has 1 aliphatic heterocycles. The van der Waals surface area contributed by atoms with E-state index in [1.165, 1.54) is 0 Å². The molecule has 0 aromatic carbocycles. The number of amides is 2. The molecule has 2 rings (SSSR count). The highest BCUT2D eigenvalue weighted by molar-refractivity contribution is 7.13. The van der Waals surface area contributed by atoms with E-state index in [2.05, 4.69) is 22.2 Å². The van der Waals surface area contributed by atoms with Crippen molar-refractivity contribution < 1.29 is 4.79 Å². The van der Waals surface area contributed by atoms with Crippen molar-refractivity contribution >= 4 is 22.5 Å². The number of anilines is 1. The zero-order valence-corrected chi connectivity index (χ0v) is 13.4. The molecule has 1 atom stereocenters.